The summed E-state index contributed by atoms with van der Waals surface area (Å²) >= 11 is 0. The Morgan fingerprint density at radius 2 is 2.04 bits per heavy atom. The number of aromatic hydroxyl groups is 1. The zero-order valence-electron chi connectivity index (χ0n) is 16.0. The van der Waals surface area contributed by atoms with Crippen LogP contribution in [-0.2, 0) is 6.42 Å². The molecule has 3 rings (SSSR count). The molecule has 2 bridgehead atoms. The lowest BCUT2D eigenvalue weighted by Gasteiger charge is -2.45. The fourth-order valence-corrected chi connectivity index (χ4v) is 4.70. The molecule has 0 spiro atoms. The second-order valence-electron chi connectivity index (χ2n) is 8.80. The van der Waals surface area contributed by atoms with E-state index in [1.54, 1.807) is 0 Å². The van der Waals surface area contributed by atoms with E-state index in [1.165, 1.54) is 0 Å². The highest BCUT2D eigenvalue weighted by molar-refractivity contribution is 5.94. The minimum Gasteiger partial charge on any atom is -0.507 e. The molecule has 0 aromatic heterocycles. The van der Waals surface area contributed by atoms with E-state index >= 15 is 0 Å². The molecule has 1 saturated carbocycles. The van der Waals surface area contributed by atoms with Gasteiger partial charge in [0.05, 0.1) is 0 Å². The second kappa shape index (κ2) is 5.93. The Balaban J connectivity index is 2.27. The SMILES string of the molecule is CCCc1cc2c(c(O)c1C(=O)O)[C@@H]1C[C@@](C)(CC[C@H](C)C1(C)C)O2. The minimum absolute atomic E-state index is 0.0319. The smallest absolute Gasteiger partial charge is 0.339 e. The van der Waals surface area contributed by atoms with Crippen molar-refractivity contribution in [3.05, 3.63) is 22.8 Å². The Labute approximate surface area is 150 Å². The van der Waals surface area contributed by atoms with E-state index < -0.39 is 5.97 Å². The fraction of sp³-hybridized carbons (Fsp3) is 0.667. The zero-order valence-corrected chi connectivity index (χ0v) is 16.0. The van der Waals surface area contributed by atoms with Gasteiger partial charge in [0.2, 0.25) is 0 Å². The molecule has 0 unspecified atom stereocenters. The summed E-state index contributed by atoms with van der Waals surface area (Å²) in [5.41, 5.74) is 1.14. The number of aromatic carboxylic acids is 1. The number of phenols is 1. The molecule has 0 saturated heterocycles. The molecule has 1 heterocycles. The van der Waals surface area contributed by atoms with Gasteiger partial charge < -0.3 is 14.9 Å². The van der Waals surface area contributed by atoms with Gasteiger partial charge in [0, 0.05) is 11.5 Å². The van der Waals surface area contributed by atoms with Crippen LogP contribution >= 0.6 is 0 Å². The number of hydrogen-bond acceptors (Lipinski definition) is 3. The number of benzene rings is 1. The molecule has 0 amide bonds. The summed E-state index contributed by atoms with van der Waals surface area (Å²) in [5, 5.41) is 20.6. The number of hydrogen-bond donors (Lipinski definition) is 2. The molecule has 1 aromatic rings. The molecule has 2 aliphatic rings. The molecule has 1 aliphatic carbocycles. The van der Waals surface area contributed by atoms with Gasteiger partial charge in [0.1, 0.15) is 22.7 Å². The molecule has 138 valence electrons. The molecule has 4 nitrogen and oxygen atoms in total. The molecular weight excluding hydrogens is 316 g/mol. The van der Waals surface area contributed by atoms with Gasteiger partial charge in [-0.2, -0.15) is 0 Å². The number of carboxylic acids is 1. The van der Waals surface area contributed by atoms with Gasteiger partial charge in [-0.05, 0) is 55.6 Å². The molecule has 1 aliphatic heterocycles. The molecule has 0 radical (unpaired) electrons. The average molecular weight is 346 g/mol. The quantitative estimate of drug-likeness (QED) is 0.797. The van der Waals surface area contributed by atoms with E-state index in [4.69, 9.17) is 4.74 Å². The summed E-state index contributed by atoms with van der Waals surface area (Å²) in [6.07, 6.45) is 4.31. The van der Waals surface area contributed by atoms with E-state index in [9.17, 15) is 15.0 Å². The van der Waals surface area contributed by atoms with Crippen LogP contribution < -0.4 is 4.74 Å². The highest BCUT2D eigenvalue weighted by Crippen LogP contribution is 2.59. The molecular formula is C21H30O4. The van der Waals surface area contributed by atoms with Crippen molar-refractivity contribution in [2.75, 3.05) is 0 Å². The summed E-state index contributed by atoms with van der Waals surface area (Å²) in [6.45, 7) is 10.9. The number of rotatable bonds is 3. The third kappa shape index (κ3) is 2.80. The summed E-state index contributed by atoms with van der Waals surface area (Å²) < 4.78 is 6.36. The zero-order chi connectivity index (χ0) is 18.6. The Bertz CT molecular complexity index is 706. The van der Waals surface area contributed by atoms with Crippen LogP contribution in [-0.4, -0.2) is 21.8 Å². The van der Waals surface area contributed by atoms with Crippen molar-refractivity contribution in [2.45, 2.75) is 78.2 Å². The number of carbonyl (C=O) groups is 1. The van der Waals surface area contributed by atoms with Gasteiger partial charge in [-0.25, -0.2) is 4.79 Å². The van der Waals surface area contributed by atoms with Crippen molar-refractivity contribution < 1.29 is 19.7 Å². The van der Waals surface area contributed by atoms with Gasteiger partial charge in [-0.15, -0.1) is 0 Å². The maximum Gasteiger partial charge on any atom is 0.339 e. The van der Waals surface area contributed by atoms with Gasteiger partial charge >= 0.3 is 5.97 Å². The first-order valence-corrected chi connectivity index (χ1v) is 9.41. The van der Waals surface area contributed by atoms with Crippen molar-refractivity contribution >= 4 is 5.97 Å². The summed E-state index contributed by atoms with van der Waals surface area (Å²) in [4.78, 5) is 11.8. The summed E-state index contributed by atoms with van der Waals surface area (Å²) in [5.74, 6) is 0.107. The number of carboxylic acid groups (broad SMARTS) is 1. The highest BCUT2D eigenvalue weighted by atomic mass is 16.5. The third-order valence-corrected chi connectivity index (χ3v) is 6.73. The van der Waals surface area contributed by atoms with Crippen LogP contribution in [0, 0.1) is 11.3 Å². The van der Waals surface area contributed by atoms with Gasteiger partial charge in [0.25, 0.3) is 0 Å². The van der Waals surface area contributed by atoms with Crippen LogP contribution in [0.2, 0.25) is 0 Å². The van der Waals surface area contributed by atoms with Crippen molar-refractivity contribution in [1.29, 1.82) is 0 Å². The van der Waals surface area contributed by atoms with Crippen LogP contribution in [0.5, 0.6) is 11.5 Å². The average Bonchev–Trinajstić information content (AvgIpc) is 2.57. The Morgan fingerprint density at radius 3 is 2.64 bits per heavy atom. The van der Waals surface area contributed by atoms with Crippen LogP contribution in [0.4, 0.5) is 0 Å². The predicted octanol–water partition coefficient (Wildman–Crippen LogP) is 5.12. The van der Waals surface area contributed by atoms with Crippen molar-refractivity contribution in [2.24, 2.45) is 11.3 Å². The third-order valence-electron chi connectivity index (χ3n) is 6.73. The van der Waals surface area contributed by atoms with E-state index in [0.717, 1.165) is 25.7 Å². The largest absolute Gasteiger partial charge is 0.507 e. The first-order valence-electron chi connectivity index (χ1n) is 9.41. The fourth-order valence-electron chi connectivity index (χ4n) is 4.70. The first-order chi connectivity index (χ1) is 11.6. The van der Waals surface area contributed by atoms with Crippen LogP contribution in [0.1, 0.15) is 87.7 Å². The Morgan fingerprint density at radius 1 is 1.36 bits per heavy atom. The molecule has 2 N–H and O–H groups in total. The van der Waals surface area contributed by atoms with E-state index in [-0.39, 0.29) is 28.2 Å². The number of aryl methyl sites for hydroxylation is 1. The number of fused-ring (bicyclic) bond motifs is 4. The standard InChI is InChI=1S/C21H30O4/c1-6-7-13-10-15-17(18(22)16(13)19(23)24)14-11-21(5,25-15)9-8-12(2)20(14,3)4/h10,12,14,22H,6-9,11H2,1-5H3,(H,23,24)/t12-,14-,21+/m0/s1. The molecule has 25 heavy (non-hydrogen) atoms. The normalized spacial score (nSPS) is 30.1. The monoisotopic (exact) mass is 346 g/mol. The van der Waals surface area contributed by atoms with Crippen LogP contribution in [0.25, 0.3) is 0 Å². The van der Waals surface area contributed by atoms with Gasteiger partial charge in [-0.1, -0.05) is 34.1 Å². The second-order valence-corrected chi connectivity index (χ2v) is 8.80. The minimum atomic E-state index is -1.06. The predicted molar refractivity (Wildman–Crippen MR) is 97.6 cm³/mol. The van der Waals surface area contributed by atoms with Gasteiger partial charge in [-0.3, -0.25) is 0 Å². The maximum absolute atomic E-state index is 11.8. The van der Waals surface area contributed by atoms with Crippen LogP contribution in [0.15, 0.2) is 6.07 Å². The lowest BCUT2D eigenvalue weighted by Crippen LogP contribution is -2.40. The summed E-state index contributed by atoms with van der Waals surface area (Å²) in [7, 11) is 0. The lowest BCUT2D eigenvalue weighted by atomic mass is 9.64. The Hall–Kier alpha value is -1.71. The molecule has 4 heteroatoms. The molecule has 3 atom stereocenters. The van der Waals surface area contributed by atoms with E-state index in [0.29, 0.717) is 29.2 Å². The van der Waals surface area contributed by atoms with Crippen molar-refractivity contribution in [3.8, 4) is 11.5 Å². The Kier molecular flexibility index (Phi) is 4.29. The van der Waals surface area contributed by atoms with Crippen molar-refractivity contribution in [3.63, 3.8) is 0 Å². The van der Waals surface area contributed by atoms with E-state index in [1.807, 2.05) is 13.0 Å². The topological polar surface area (TPSA) is 66.8 Å². The number of ether oxygens (including phenoxy) is 1. The molecule has 1 fully saturated rings. The summed E-state index contributed by atoms with van der Waals surface area (Å²) in [6, 6.07) is 1.87. The van der Waals surface area contributed by atoms with Gasteiger partial charge in [0.15, 0.2) is 0 Å². The highest BCUT2D eigenvalue weighted by Gasteiger charge is 2.50. The van der Waals surface area contributed by atoms with Crippen molar-refractivity contribution in [1.82, 2.24) is 0 Å². The molecule has 1 aromatic carbocycles. The van der Waals surface area contributed by atoms with Crippen LogP contribution in [0.3, 0.4) is 0 Å². The maximum atomic E-state index is 11.8. The van der Waals surface area contributed by atoms with E-state index in [2.05, 4.69) is 27.7 Å². The first kappa shape index (κ1) is 18.1. The lowest BCUT2D eigenvalue weighted by molar-refractivity contribution is 0.0386.